The van der Waals surface area contributed by atoms with Crippen LogP contribution in [0.25, 0.3) is 22.2 Å². The van der Waals surface area contributed by atoms with Gasteiger partial charge in [0.05, 0.1) is 23.9 Å². The van der Waals surface area contributed by atoms with Gasteiger partial charge in [-0.2, -0.15) is 0 Å². The predicted octanol–water partition coefficient (Wildman–Crippen LogP) is 3.70. The molecule has 0 spiro atoms. The summed E-state index contributed by atoms with van der Waals surface area (Å²) in [5, 5.41) is 6.97. The summed E-state index contributed by atoms with van der Waals surface area (Å²) in [5.74, 6) is 1.06. The Morgan fingerprint density at radius 2 is 1.85 bits per heavy atom. The molecule has 1 amide bonds. The Balaban J connectivity index is 1.50. The van der Waals surface area contributed by atoms with E-state index in [1.54, 1.807) is 31.7 Å². The van der Waals surface area contributed by atoms with E-state index >= 15 is 0 Å². The third kappa shape index (κ3) is 4.78. The summed E-state index contributed by atoms with van der Waals surface area (Å²) in [7, 11) is 3.16. The second-order valence-corrected chi connectivity index (χ2v) is 8.07. The molecule has 2 unspecified atom stereocenters. The van der Waals surface area contributed by atoms with Crippen molar-refractivity contribution in [1.29, 1.82) is 0 Å². The zero-order chi connectivity index (χ0) is 24.1. The number of fused-ring (bicyclic) bond motifs is 1. The number of nitrogens with zero attached hydrogens (tertiary/aromatic N) is 5. The number of nitrogens with one attached hydrogen (secondary N) is 2. The Morgan fingerprint density at radius 1 is 1.06 bits per heavy atom. The summed E-state index contributed by atoms with van der Waals surface area (Å²) in [6.07, 6.45) is 6.55. The number of anilines is 1. The number of carbonyl (C=O) groups excluding carboxylic acids is 1. The van der Waals surface area contributed by atoms with E-state index in [9.17, 15) is 4.79 Å². The Kier molecular flexibility index (Phi) is 6.91. The number of para-hydroxylation sites is 1. The van der Waals surface area contributed by atoms with Crippen molar-refractivity contribution in [2.45, 2.75) is 19.8 Å². The standard InChI is InChI=1S/C25H27N7O2/c1-15(11-28-22-10-21(31-14-32-22)17-12-29-25(34-4)30-13-17)16(2)18-6-5-7-19-20(24(33)26-3)8-9-27-23(18)19/h5-10,12-16H,11H2,1-4H3,(H,26,33)(H,28,31,32). The number of carbonyl (C=O) groups is 1. The molecule has 9 nitrogen and oxygen atoms in total. The predicted molar refractivity (Wildman–Crippen MR) is 131 cm³/mol. The maximum atomic E-state index is 12.3. The second-order valence-electron chi connectivity index (χ2n) is 8.07. The van der Waals surface area contributed by atoms with Crippen molar-refractivity contribution in [1.82, 2.24) is 30.2 Å². The molecule has 2 atom stereocenters. The molecule has 0 aliphatic heterocycles. The first kappa shape index (κ1) is 23.0. The second kappa shape index (κ2) is 10.2. The minimum atomic E-state index is -0.117. The van der Waals surface area contributed by atoms with Gasteiger partial charge >= 0.3 is 6.01 Å². The summed E-state index contributed by atoms with van der Waals surface area (Å²) >= 11 is 0. The first-order valence-corrected chi connectivity index (χ1v) is 11.0. The van der Waals surface area contributed by atoms with Crippen LogP contribution in [-0.2, 0) is 0 Å². The third-order valence-electron chi connectivity index (χ3n) is 6.00. The van der Waals surface area contributed by atoms with Crippen LogP contribution in [0, 0.1) is 5.92 Å². The van der Waals surface area contributed by atoms with Gasteiger partial charge in [-0.25, -0.2) is 19.9 Å². The fourth-order valence-corrected chi connectivity index (χ4v) is 3.81. The van der Waals surface area contributed by atoms with Crippen LogP contribution >= 0.6 is 0 Å². The summed E-state index contributed by atoms with van der Waals surface area (Å²) in [4.78, 5) is 33.8. The molecule has 0 saturated carbocycles. The van der Waals surface area contributed by atoms with Crippen molar-refractivity contribution in [3.05, 3.63) is 66.4 Å². The van der Waals surface area contributed by atoms with E-state index in [-0.39, 0.29) is 17.7 Å². The summed E-state index contributed by atoms with van der Waals surface area (Å²) in [6.45, 7) is 5.05. The van der Waals surface area contributed by atoms with Gasteiger partial charge in [-0.05, 0) is 23.5 Å². The topological polar surface area (TPSA) is 115 Å². The number of aromatic nitrogens is 5. The maximum absolute atomic E-state index is 12.3. The fourth-order valence-electron chi connectivity index (χ4n) is 3.81. The van der Waals surface area contributed by atoms with Crippen LogP contribution in [0.3, 0.4) is 0 Å². The van der Waals surface area contributed by atoms with Gasteiger partial charge in [0.25, 0.3) is 5.91 Å². The van der Waals surface area contributed by atoms with Crippen LogP contribution in [0.5, 0.6) is 6.01 Å². The summed E-state index contributed by atoms with van der Waals surface area (Å²) in [5.41, 5.74) is 4.09. The fraction of sp³-hybridized carbons (Fsp3) is 0.280. The number of hydrogen-bond acceptors (Lipinski definition) is 8. The van der Waals surface area contributed by atoms with E-state index in [1.807, 2.05) is 18.2 Å². The minimum Gasteiger partial charge on any atom is -0.467 e. The first-order valence-electron chi connectivity index (χ1n) is 11.0. The molecule has 174 valence electrons. The highest BCUT2D eigenvalue weighted by atomic mass is 16.5. The van der Waals surface area contributed by atoms with Crippen LogP contribution in [0.2, 0.25) is 0 Å². The van der Waals surface area contributed by atoms with Crippen molar-refractivity contribution in [3.63, 3.8) is 0 Å². The van der Waals surface area contributed by atoms with Gasteiger partial charge in [0, 0.05) is 49.2 Å². The van der Waals surface area contributed by atoms with Gasteiger partial charge in [-0.3, -0.25) is 9.78 Å². The van der Waals surface area contributed by atoms with Gasteiger partial charge < -0.3 is 15.4 Å². The maximum Gasteiger partial charge on any atom is 0.316 e. The molecule has 34 heavy (non-hydrogen) atoms. The third-order valence-corrected chi connectivity index (χ3v) is 6.00. The van der Waals surface area contributed by atoms with Gasteiger partial charge in [0.15, 0.2) is 0 Å². The lowest BCUT2D eigenvalue weighted by atomic mass is 9.87. The van der Waals surface area contributed by atoms with E-state index in [0.29, 0.717) is 18.1 Å². The molecule has 0 fully saturated rings. The van der Waals surface area contributed by atoms with Crippen LogP contribution in [-0.4, -0.2) is 51.5 Å². The van der Waals surface area contributed by atoms with Gasteiger partial charge in [-0.15, -0.1) is 0 Å². The van der Waals surface area contributed by atoms with Crippen molar-refractivity contribution in [2.24, 2.45) is 5.92 Å². The number of ether oxygens (including phenoxy) is 1. The highest BCUT2D eigenvalue weighted by Crippen LogP contribution is 2.31. The number of benzene rings is 1. The summed E-state index contributed by atoms with van der Waals surface area (Å²) in [6, 6.07) is 9.94. The lowest BCUT2D eigenvalue weighted by Gasteiger charge is -2.22. The molecule has 3 aromatic heterocycles. The zero-order valence-electron chi connectivity index (χ0n) is 19.6. The number of amides is 1. The highest BCUT2D eigenvalue weighted by Gasteiger charge is 2.19. The van der Waals surface area contributed by atoms with E-state index in [4.69, 9.17) is 4.74 Å². The Morgan fingerprint density at radius 3 is 2.59 bits per heavy atom. The molecule has 4 rings (SSSR count). The smallest absolute Gasteiger partial charge is 0.316 e. The monoisotopic (exact) mass is 457 g/mol. The van der Waals surface area contributed by atoms with Crippen molar-refractivity contribution in [3.8, 4) is 17.3 Å². The molecule has 3 heterocycles. The van der Waals surface area contributed by atoms with E-state index < -0.39 is 0 Å². The van der Waals surface area contributed by atoms with Gasteiger partial charge in [0.2, 0.25) is 0 Å². The van der Waals surface area contributed by atoms with Gasteiger partial charge in [-0.1, -0.05) is 32.0 Å². The van der Waals surface area contributed by atoms with Crippen molar-refractivity contribution in [2.75, 3.05) is 26.0 Å². The van der Waals surface area contributed by atoms with Crippen LogP contribution in [0.1, 0.15) is 35.7 Å². The molecule has 2 N–H and O–H groups in total. The molecule has 0 radical (unpaired) electrons. The Labute approximate surface area is 198 Å². The minimum absolute atomic E-state index is 0.117. The molecule has 0 aliphatic rings. The molecular formula is C25H27N7O2. The van der Waals surface area contributed by atoms with Gasteiger partial charge in [0.1, 0.15) is 12.1 Å². The Hall–Kier alpha value is -4.14. The molecule has 4 aromatic rings. The molecule has 0 aliphatic carbocycles. The van der Waals surface area contributed by atoms with E-state index in [1.165, 1.54) is 13.4 Å². The zero-order valence-corrected chi connectivity index (χ0v) is 19.6. The number of rotatable bonds is 8. The Bertz CT molecular complexity index is 1290. The lowest BCUT2D eigenvalue weighted by molar-refractivity contribution is 0.0964. The lowest BCUT2D eigenvalue weighted by Crippen LogP contribution is -2.19. The number of hydrogen-bond donors (Lipinski definition) is 2. The van der Waals surface area contributed by atoms with E-state index in [0.717, 1.165) is 33.5 Å². The SMILES string of the molecule is CNC(=O)c1ccnc2c(C(C)C(C)CNc3cc(-c4cnc(OC)nc4)ncn3)cccc12. The van der Waals surface area contributed by atoms with Crippen molar-refractivity contribution < 1.29 is 9.53 Å². The highest BCUT2D eigenvalue weighted by molar-refractivity contribution is 6.06. The van der Waals surface area contributed by atoms with Crippen LogP contribution in [0.4, 0.5) is 5.82 Å². The quantitative estimate of drug-likeness (QED) is 0.412. The largest absolute Gasteiger partial charge is 0.467 e. The van der Waals surface area contributed by atoms with Crippen molar-refractivity contribution >= 4 is 22.6 Å². The summed E-state index contributed by atoms with van der Waals surface area (Å²) < 4.78 is 5.01. The van der Waals surface area contributed by atoms with E-state index in [2.05, 4.69) is 55.5 Å². The number of pyridine rings is 1. The molecule has 0 saturated heterocycles. The average Bonchev–Trinajstić information content (AvgIpc) is 2.90. The molecule has 9 heteroatoms. The van der Waals surface area contributed by atoms with Crippen LogP contribution < -0.4 is 15.4 Å². The first-order chi connectivity index (χ1) is 16.5. The number of methoxy groups -OCH3 is 1. The molecule has 0 bridgehead atoms. The average molecular weight is 458 g/mol. The van der Waals surface area contributed by atoms with Crippen LogP contribution in [0.15, 0.2) is 55.2 Å². The normalized spacial score (nSPS) is 12.7. The molecule has 1 aromatic carbocycles. The molecular weight excluding hydrogens is 430 g/mol.